The minimum absolute atomic E-state index is 0.209. The molecule has 0 aromatic carbocycles. The van der Waals surface area contributed by atoms with Crippen molar-refractivity contribution >= 4 is 29.6 Å². The molecule has 0 aliphatic heterocycles. The maximum atomic E-state index is 11.4. The summed E-state index contributed by atoms with van der Waals surface area (Å²) in [6.45, 7) is 4.13. The third kappa shape index (κ3) is 10.9. The Bertz CT molecular complexity index is 395. The first-order valence-electron chi connectivity index (χ1n) is 6.84. The zero-order valence-corrected chi connectivity index (χ0v) is 13.2. The molecule has 0 saturated heterocycles. The zero-order chi connectivity index (χ0) is 16.3. The van der Waals surface area contributed by atoms with E-state index in [2.05, 4.69) is 18.3 Å². The summed E-state index contributed by atoms with van der Waals surface area (Å²) in [7, 11) is 0. The first-order valence-corrected chi connectivity index (χ1v) is 7.99. The van der Waals surface area contributed by atoms with Crippen LogP contribution in [0.25, 0.3) is 0 Å². The highest BCUT2D eigenvalue weighted by Crippen LogP contribution is 2.09. The number of thioether (sulfide) groups is 1. The molecule has 7 heteroatoms. The molecule has 21 heavy (non-hydrogen) atoms. The van der Waals surface area contributed by atoms with Crippen LogP contribution in [0.2, 0.25) is 0 Å². The number of carboxylic acids is 2. The van der Waals surface area contributed by atoms with E-state index in [1.807, 2.05) is 6.92 Å². The average Bonchev–Trinajstić information content (AvgIpc) is 2.39. The smallest absolute Gasteiger partial charge is 0.327 e. The van der Waals surface area contributed by atoms with E-state index in [9.17, 15) is 14.4 Å². The van der Waals surface area contributed by atoms with Crippen molar-refractivity contribution in [3.63, 3.8) is 0 Å². The second kappa shape index (κ2) is 11.2. The molecule has 0 aromatic heterocycles. The number of nitrogens with one attached hydrogen (secondary N) is 1. The van der Waals surface area contributed by atoms with Crippen molar-refractivity contribution in [3.8, 4) is 0 Å². The van der Waals surface area contributed by atoms with Crippen LogP contribution in [-0.4, -0.2) is 45.6 Å². The maximum Gasteiger partial charge on any atom is 0.327 e. The van der Waals surface area contributed by atoms with Gasteiger partial charge in [0, 0.05) is 17.9 Å². The van der Waals surface area contributed by atoms with E-state index in [0.717, 1.165) is 12.8 Å². The highest BCUT2D eigenvalue weighted by molar-refractivity contribution is 7.99. The fourth-order valence-electron chi connectivity index (χ4n) is 1.55. The topological polar surface area (TPSA) is 104 Å². The Hall–Kier alpha value is -1.50. The van der Waals surface area contributed by atoms with E-state index in [1.54, 1.807) is 0 Å². The molecule has 1 amide bonds. The van der Waals surface area contributed by atoms with Gasteiger partial charge in [-0.3, -0.25) is 9.59 Å². The lowest BCUT2D eigenvalue weighted by molar-refractivity contribution is -0.141. The molecule has 0 fully saturated rings. The molecular formula is C14H23NO5S. The van der Waals surface area contributed by atoms with E-state index in [1.165, 1.54) is 17.3 Å². The van der Waals surface area contributed by atoms with Crippen molar-refractivity contribution < 1.29 is 24.6 Å². The summed E-state index contributed by atoms with van der Waals surface area (Å²) >= 11 is 1.42. The molecule has 0 spiro atoms. The molecule has 0 heterocycles. The standard InChI is InChI=1S/C14H23NO5S/c1-3-4-10(2)7-8-21-9-11(14(19)20)15-12(16)5-6-13(17)18/h7,11H,3-6,8-9H2,1-2H3,(H,15,16)(H,17,18)(H,19,20)/t11-/m0/s1. The minimum Gasteiger partial charge on any atom is -0.481 e. The number of hydrogen-bond donors (Lipinski definition) is 3. The highest BCUT2D eigenvalue weighted by atomic mass is 32.2. The lowest BCUT2D eigenvalue weighted by Crippen LogP contribution is -2.42. The van der Waals surface area contributed by atoms with E-state index >= 15 is 0 Å². The SMILES string of the molecule is CCCC(C)=CCSC[C@H](NC(=O)CCC(=O)O)C(=O)O. The second-order valence-electron chi connectivity index (χ2n) is 4.69. The molecular weight excluding hydrogens is 294 g/mol. The van der Waals surface area contributed by atoms with Gasteiger partial charge in [0.15, 0.2) is 0 Å². The zero-order valence-electron chi connectivity index (χ0n) is 12.4. The van der Waals surface area contributed by atoms with Gasteiger partial charge in [0.2, 0.25) is 5.91 Å². The Morgan fingerprint density at radius 3 is 2.38 bits per heavy atom. The quantitative estimate of drug-likeness (QED) is 0.397. The van der Waals surface area contributed by atoms with Gasteiger partial charge in [0.25, 0.3) is 0 Å². The maximum absolute atomic E-state index is 11.4. The predicted molar refractivity (Wildman–Crippen MR) is 82.4 cm³/mol. The summed E-state index contributed by atoms with van der Waals surface area (Å²) in [6.07, 6.45) is 3.64. The van der Waals surface area contributed by atoms with Crippen molar-refractivity contribution in [2.24, 2.45) is 0 Å². The van der Waals surface area contributed by atoms with Crippen molar-refractivity contribution in [1.82, 2.24) is 5.32 Å². The van der Waals surface area contributed by atoms with E-state index in [4.69, 9.17) is 10.2 Å². The summed E-state index contributed by atoms with van der Waals surface area (Å²) in [5.74, 6) is -1.79. The van der Waals surface area contributed by atoms with Gasteiger partial charge in [0.1, 0.15) is 6.04 Å². The fourth-order valence-corrected chi connectivity index (χ4v) is 2.55. The largest absolute Gasteiger partial charge is 0.481 e. The van der Waals surface area contributed by atoms with Crippen LogP contribution in [0.3, 0.4) is 0 Å². The summed E-state index contributed by atoms with van der Waals surface area (Å²) in [6, 6.07) is -0.990. The van der Waals surface area contributed by atoms with Gasteiger partial charge in [-0.05, 0) is 13.3 Å². The summed E-state index contributed by atoms with van der Waals surface area (Å²) < 4.78 is 0. The molecule has 3 N–H and O–H groups in total. The Balaban J connectivity index is 4.14. The van der Waals surface area contributed by atoms with Gasteiger partial charge in [-0.1, -0.05) is 25.0 Å². The van der Waals surface area contributed by atoms with Crippen molar-refractivity contribution in [1.29, 1.82) is 0 Å². The Kier molecular flexibility index (Phi) is 10.4. The molecule has 0 rings (SSSR count). The molecule has 120 valence electrons. The Morgan fingerprint density at radius 1 is 1.19 bits per heavy atom. The van der Waals surface area contributed by atoms with Crippen molar-refractivity contribution in [3.05, 3.63) is 11.6 Å². The van der Waals surface area contributed by atoms with Gasteiger partial charge in [-0.25, -0.2) is 4.79 Å². The first-order chi connectivity index (χ1) is 9.86. The van der Waals surface area contributed by atoms with Crippen LogP contribution in [0.5, 0.6) is 0 Å². The van der Waals surface area contributed by atoms with Crippen LogP contribution >= 0.6 is 11.8 Å². The number of aliphatic carboxylic acids is 2. The average molecular weight is 317 g/mol. The molecule has 0 saturated carbocycles. The third-order valence-electron chi connectivity index (χ3n) is 2.68. The van der Waals surface area contributed by atoms with Crippen LogP contribution in [0.15, 0.2) is 11.6 Å². The number of carbonyl (C=O) groups excluding carboxylic acids is 1. The third-order valence-corrected chi connectivity index (χ3v) is 3.65. The molecule has 0 unspecified atom stereocenters. The Labute approximate surface area is 129 Å². The van der Waals surface area contributed by atoms with Crippen molar-refractivity contribution in [2.75, 3.05) is 11.5 Å². The summed E-state index contributed by atoms with van der Waals surface area (Å²) in [5, 5.41) is 19.8. The number of allylic oxidation sites excluding steroid dienone is 1. The van der Waals surface area contributed by atoms with Crippen LogP contribution in [0.4, 0.5) is 0 Å². The molecule has 6 nitrogen and oxygen atoms in total. The van der Waals surface area contributed by atoms with Gasteiger partial charge < -0.3 is 15.5 Å². The minimum atomic E-state index is -1.11. The number of rotatable bonds is 11. The van der Waals surface area contributed by atoms with Crippen LogP contribution in [0, 0.1) is 0 Å². The predicted octanol–water partition coefficient (Wildman–Crippen LogP) is 1.90. The molecule has 0 bridgehead atoms. The monoisotopic (exact) mass is 317 g/mol. The van der Waals surface area contributed by atoms with Crippen LogP contribution < -0.4 is 5.32 Å². The van der Waals surface area contributed by atoms with E-state index in [0.29, 0.717) is 5.75 Å². The summed E-state index contributed by atoms with van der Waals surface area (Å²) in [5.41, 5.74) is 1.27. The number of carboxylic acid groups (broad SMARTS) is 2. The van der Waals surface area contributed by atoms with Gasteiger partial charge >= 0.3 is 11.9 Å². The highest BCUT2D eigenvalue weighted by Gasteiger charge is 2.19. The van der Waals surface area contributed by atoms with Gasteiger partial charge in [-0.2, -0.15) is 11.8 Å². The lowest BCUT2D eigenvalue weighted by Gasteiger charge is -2.13. The second-order valence-corrected chi connectivity index (χ2v) is 5.76. The molecule has 1 atom stereocenters. The molecule has 0 aromatic rings. The molecule has 0 radical (unpaired) electrons. The lowest BCUT2D eigenvalue weighted by atomic mass is 10.2. The number of hydrogen-bond acceptors (Lipinski definition) is 4. The molecule has 0 aliphatic carbocycles. The molecule has 0 aliphatic rings. The first kappa shape index (κ1) is 19.5. The summed E-state index contributed by atoms with van der Waals surface area (Å²) in [4.78, 5) is 32.8. The van der Waals surface area contributed by atoms with Gasteiger partial charge in [-0.15, -0.1) is 0 Å². The number of carbonyl (C=O) groups is 3. The fraction of sp³-hybridized carbons (Fsp3) is 0.643. The van der Waals surface area contributed by atoms with Crippen LogP contribution in [-0.2, 0) is 14.4 Å². The van der Waals surface area contributed by atoms with Crippen molar-refractivity contribution in [2.45, 2.75) is 45.6 Å². The van der Waals surface area contributed by atoms with Crippen LogP contribution in [0.1, 0.15) is 39.5 Å². The van der Waals surface area contributed by atoms with E-state index in [-0.39, 0.29) is 18.6 Å². The number of amides is 1. The van der Waals surface area contributed by atoms with E-state index < -0.39 is 23.9 Å². The normalized spacial score (nSPS) is 12.8. The Morgan fingerprint density at radius 2 is 1.86 bits per heavy atom. The van der Waals surface area contributed by atoms with Gasteiger partial charge in [0.05, 0.1) is 6.42 Å².